The van der Waals surface area contributed by atoms with Gasteiger partial charge < -0.3 is 10.5 Å². The summed E-state index contributed by atoms with van der Waals surface area (Å²) in [5, 5.41) is 4.16. The normalized spacial score (nSPS) is 12.4. The van der Waals surface area contributed by atoms with Crippen molar-refractivity contribution in [3.63, 3.8) is 0 Å². The number of benzene rings is 1. The lowest BCUT2D eigenvalue weighted by Gasteiger charge is -2.14. The first-order valence-electron chi connectivity index (χ1n) is 6.20. The maximum Gasteiger partial charge on any atom is 0.119 e. The molecule has 19 heavy (non-hydrogen) atoms. The largest absolute Gasteiger partial charge is 0.494 e. The second kappa shape index (κ2) is 6.21. The summed E-state index contributed by atoms with van der Waals surface area (Å²) >= 11 is 3.46. The molecule has 0 saturated carbocycles. The van der Waals surface area contributed by atoms with E-state index in [-0.39, 0.29) is 6.04 Å². The minimum atomic E-state index is -0.0910. The van der Waals surface area contributed by atoms with E-state index in [4.69, 9.17) is 10.5 Å². The Kier molecular flexibility index (Phi) is 4.61. The van der Waals surface area contributed by atoms with E-state index in [0.717, 1.165) is 22.3 Å². The van der Waals surface area contributed by atoms with Crippen molar-refractivity contribution >= 4 is 15.9 Å². The highest BCUT2D eigenvalue weighted by molar-refractivity contribution is 9.10. The van der Waals surface area contributed by atoms with Crippen LogP contribution < -0.4 is 10.5 Å². The van der Waals surface area contributed by atoms with Gasteiger partial charge in [-0.3, -0.25) is 4.68 Å². The second-order valence-electron chi connectivity index (χ2n) is 4.56. The summed E-state index contributed by atoms with van der Waals surface area (Å²) in [5.41, 5.74) is 8.35. The van der Waals surface area contributed by atoms with Crippen LogP contribution in [-0.2, 0) is 7.05 Å². The van der Waals surface area contributed by atoms with Crippen molar-refractivity contribution in [1.29, 1.82) is 0 Å². The van der Waals surface area contributed by atoms with Crippen LogP contribution in [-0.4, -0.2) is 16.4 Å². The number of hydrogen-bond donors (Lipinski definition) is 1. The molecule has 2 rings (SSSR count). The zero-order valence-corrected chi connectivity index (χ0v) is 12.7. The smallest absolute Gasteiger partial charge is 0.119 e. The Hall–Kier alpha value is -1.33. The van der Waals surface area contributed by atoms with E-state index >= 15 is 0 Å². The third-order valence-electron chi connectivity index (χ3n) is 2.98. The van der Waals surface area contributed by atoms with E-state index in [1.165, 1.54) is 5.56 Å². The first-order chi connectivity index (χ1) is 9.08. The maximum atomic E-state index is 6.16. The van der Waals surface area contributed by atoms with Crippen LogP contribution in [0.1, 0.15) is 23.7 Å². The van der Waals surface area contributed by atoms with Crippen molar-refractivity contribution in [1.82, 2.24) is 9.78 Å². The van der Waals surface area contributed by atoms with Crippen LogP contribution in [0.5, 0.6) is 5.75 Å². The summed E-state index contributed by atoms with van der Waals surface area (Å²) in [7, 11) is 1.89. The number of ether oxygens (including phenoxy) is 1. The molecule has 0 fully saturated rings. The summed E-state index contributed by atoms with van der Waals surface area (Å²) in [4.78, 5) is 0. The van der Waals surface area contributed by atoms with Gasteiger partial charge >= 0.3 is 0 Å². The van der Waals surface area contributed by atoms with E-state index in [0.29, 0.717) is 6.61 Å². The van der Waals surface area contributed by atoms with Crippen LogP contribution in [0, 0.1) is 6.92 Å². The average molecular weight is 324 g/mol. The molecule has 2 aromatic rings. The molecule has 1 heterocycles. The molecular formula is C14H18BrN3O. The molecule has 5 heteroatoms. The van der Waals surface area contributed by atoms with E-state index in [1.54, 1.807) is 10.9 Å². The van der Waals surface area contributed by atoms with Crippen LogP contribution in [0.15, 0.2) is 34.9 Å². The molecule has 0 aliphatic rings. The summed E-state index contributed by atoms with van der Waals surface area (Å²) in [6.07, 6.45) is 2.50. The third-order valence-corrected chi connectivity index (χ3v) is 3.59. The monoisotopic (exact) mass is 323 g/mol. The number of aromatic nitrogens is 2. The Morgan fingerprint density at radius 1 is 1.47 bits per heavy atom. The number of rotatable bonds is 5. The zero-order valence-electron chi connectivity index (χ0n) is 11.1. The van der Waals surface area contributed by atoms with Gasteiger partial charge in [-0.15, -0.1) is 0 Å². The quantitative estimate of drug-likeness (QED) is 0.920. The highest BCUT2D eigenvalue weighted by Crippen LogP contribution is 2.23. The Morgan fingerprint density at radius 2 is 2.26 bits per heavy atom. The summed E-state index contributed by atoms with van der Waals surface area (Å²) in [5.74, 6) is 0.885. The molecule has 0 aliphatic heterocycles. The van der Waals surface area contributed by atoms with Gasteiger partial charge in [0.1, 0.15) is 5.75 Å². The van der Waals surface area contributed by atoms with Crippen molar-refractivity contribution in [3.8, 4) is 5.75 Å². The van der Waals surface area contributed by atoms with Crippen LogP contribution in [0.3, 0.4) is 0 Å². The number of halogens is 1. The molecule has 4 nitrogen and oxygen atoms in total. The Balaban J connectivity index is 1.89. The van der Waals surface area contributed by atoms with E-state index in [2.05, 4.69) is 21.0 Å². The SMILES string of the molecule is Cc1cccc(OCCC(N)c2c(Br)cnn2C)c1. The highest BCUT2D eigenvalue weighted by atomic mass is 79.9. The first kappa shape index (κ1) is 14.1. The van der Waals surface area contributed by atoms with Gasteiger partial charge in [0.2, 0.25) is 0 Å². The van der Waals surface area contributed by atoms with Gasteiger partial charge in [-0.1, -0.05) is 12.1 Å². The fraction of sp³-hybridized carbons (Fsp3) is 0.357. The van der Waals surface area contributed by atoms with Gasteiger partial charge in [-0.05, 0) is 40.5 Å². The van der Waals surface area contributed by atoms with E-state index in [1.807, 2.05) is 38.2 Å². The van der Waals surface area contributed by atoms with Gasteiger partial charge in [0, 0.05) is 13.5 Å². The molecule has 0 radical (unpaired) electrons. The van der Waals surface area contributed by atoms with Crippen molar-refractivity contribution in [2.45, 2.75) is 19.4 Å². The van der Waals surface area contributed by atoms with Gasteiger partial charge in [-0.2, -0.15) is 5.10 Å². The van der Waals surface area contributed by atoms with Crippen molar-refractivity contribution in [2.75, 3.05) is 6.61 Å². The molecule has 1 aromatic carbocycles. The number of hydrogen-bond acceptors (Lipinski definition) is 3. The van der Waals surface area contributed by atoms with E-state index in [9.17, 15) is 0 Å². The van der Waals surface area contributed by atoms with Crippen LogP contribution in [0.2, 0.25) is 0 Å². The molecule has 0 spiro atoms. The third kappa shape index (κ3) is 3.58. The van der Waals surface area contributed by atoms with Gasteiger partial charge in [0.25, 0.3) is 0 Å². The van der Waals surface area contributed by atoms with Crippen LogP contribution in [0.25, 0.3) is 0 Å². The Labute approximate surface area is 121 Å². The van der Waals surface area contributed by atoms with Crippen molar-refractivity contribution in [2.24, 2.45) is 12.8 Å². The maximum absolute atomic E-state index is 6.16. The second-order valence-corrected chi connectivity index (χ2v) is 5.42. The molecule has 0 bridgehead atoms. The van der Waals surface area contributed by atoms with Gasteiger partial charge in [0.15, 0.2) is 0 Å². The minimum Gasteiger partial charge on any atom is -0.494 e. The Morgan fingerprint density at radius 3 is 2.89 bits per heavy atom. The molecule has 1 aromatic heterocycles. The lowest BCUT2D eigenvalue weighted by molar-refractivity contribution is 0.296. The molecule has 102 valence electrons. The van der Waals surface area contributed by atoms with Gasteiger partial charge in [-0.25, -0.2) is 0 Å². The molecular weight excluding hydrogens is 306 g/mol. The topological polar surface area (TPSA) is 53.1 Å². The highest BCUT2D eigenvalue weighted by Gasteiger charge is 2.14. The lowest BCUT2D eigenvalue weighted by atomic mass is 10.1. The predicted octanol–water partition coefficient (Wildman–Crippen LogP) is 2.96. The summed E-state index contributed by atoms with van der Waals surface area (Å²) < 4.78 is 8.45. The predicted molar refractivity (Wildman–Crippen MR) is 79.1 cm³/mol. The standard InChI is InChI=1S/C14H18BrN3O/c1-10-4-3-5-11(8-10)19-7-6-13(16)14-12(15)9-17-18(14)2/h3-5,8-9,13H,6-7,16H2,1-2H3. The lowest BCUT2D eigenvalue weighted by Crippen LogP contribution is -2.18. The van der Waals surface area contributed by atoms with Crippen LogP contribution in [0.4, 0.5) is 0 Å². The fourth-order valence-electron chi connectivity index (χ4n) is 1.98. The Bertz CT molecular complexity index is 534. The molecule has 0 amide bonds. The number of aryl methyl sites for hydroxylation is 2. The molecule has 0 aliphatic carbocycles. The zero-order chi connectivity index (χ0) is 13.8. The molecule has 1 atom stereocenters. The average Bonchev–Trinajstić information content (AvgIpc) is 2.69. The molecule has 1 unspecified atom stereocenters. The summed E-state index contributed by atoms with van der Waals surface area (Å²) in [6, 6.07) is 7.92. The number of nitrogens with two attached hydrogens (primary N) is 1. The minimum absolute atomic E-state index is 0.0910. The van der Waals surface area contributed by atoms with E-state index < -0.39 is 0 Å². The summed E-state index contributed by atoms with van der Waals surface area (Å²) in [6.45, 7) is 2.63. The van der Waals surface area contributed by atoms with Crippen molar-refractivity contribution in [3.05, 3.63) is 46.2 Å². The number of nitrogens with zero attached hydrogens (tertiary/aromatic N) is 2. The fourth-order valence-corrected chi connectivity index (χ4v) is 2.63. The molecule has 2 N–H and O–H groups in total. The van der Waals surface area contributed by atoms with Crippen molar-refractivity contribution < 1.29 is 4.74 Å². The van der Waals surface area contributed by atoms with Crippen LogP contribution >= 0.6 is 15.9 Å². The first-order valence-corrected chi connectivity index (χ1v) is 6.99. The molecule has 0 saturated heterocycles. The van der Waals surface area contributed by atoms with Gasteiger partial charge in [0.05, 0.1) is 29.0 Å².